The standard InChI is InChI=1S/C22H27N5O3S2/c1-6-18(20(28)29-5)32-22-26-25-19(13-31-21-23-14(3)12-15(4)24-21)27(22)16-8-10-17(11-9-16)30-7-2/h8-12,18H,6-7,13H2,1-5H3. The van der Waals surface area contributed by atoms with Crippen molar-refractivity contribution in [2.75, 3.05) is 13.7 Å². The number of hydrogen-bond acceptors (Lipinski definition) is 9. The van der Waals surface area contributed by atoms with E-state index < -0.39 is 0 Å². The van der Waals surface area contributed by atoms with Crippen LogP contribution in [0.3, 0.4) is 0 Å². The highest BCUT2D eigenvalue weighted by atomic mass is 32.2. The summed E-state index contributed by atoms with van der Waals surface area (Å²) in [6.45, 7) is 8.40. The van der Waals surface area contributed by atoms with Gasteiger partial charge in [0, 0.05) is 17.1 Å². The molecule has 0 N–H and O–H groups in total. The molecule has 1 unspecified atom stereocenters. The smallest absolute Gasteiger partial charge is 0.319 e. The summed E-state index contributed by atoms with van der Waals surface area (Å²) in [5.74, 6) is 1.78. The molecule has 1 atom stereocenters. The predicted molar refractivity (Wildman–Crippen MR) is 126 cm³/mol. The molecule has 2 aromatic heterocycles. The molecule has 170 valence electrons. The Morgan fingerprint density at radius 3 is 2.38 bits per heavy atom. The molecule has 10 heteroatoms. The molecule has 0 amide bonds. The van der Waals surface area contributed by atoms with E-state index in [-0.39, 0.29) is 11.2 Å². The average molecular weight is 474 g/mol. The van der Waals surface area contributed by atoms with Crippen molar-refractivity contribution in [3.63, 3.8) is 0 Å². The minimum absolute atomic E-state index is 0.279. The van der Waals surface area contributed by atoms with Gasteiger partial charge in [0.2, 0.25) is 0 Å². The molecule has 0 saturated heterocycles. The minimum atomic E-state index is -0.367. The Morgan fingerprint density at radius 1 is 1.09 bits per heavy atom. The number of benzene rings is 1. The van der Waals surface area contributed by atoms with Crippen LogP contribution in [-0.2, 0) is 15.3 Å². The Balaban J connectivity index is 1.93. The number of nitrogens with zero attached hydrogens (tertiary/aromatic N) is 5. The fourth-order valence-corrected chi connectivity index (χ4v) is 4.91. The van der Waals surface area contributed by atoms with E-state index in [4.69, 9.17) is 9.47 Å². The number of methoxy groups -OCH3 is 1. The molecule has 0 radical (unpaired) electrons. The van der Waals surface area contributed by atoms with Gasteiger partial charge in [-0.2, -0.15) is 0 Å². The van der Waals surface area contributed by atoms with Gasteiger partial charge in [0.15, 0.2) is 10.3 Å². The normalized spacial score (nSPS) is 11.9. The number of carbonyl (C=O) groups excluding carboxylic acids is 1. The first-order valence-corrected chi connectivity index (χ1v) is 12.2. The van der Waals surface area contributed by atoms with E-state index in [0.717, 1.165) is 28.6 Å². The van der Waals surface area contributed by atoms with Crippen molar-refractivity contribution in [2.24, 2.45) is 0 Å². The van der Waals surface area contributed by atoms with Crippen molar-refractivity contribution in [1.82, 2.24) is 24.7 Å². The highest BCUT2D eigenvalue weighted by Crippen LogP contribution is 2.30. The summed E-state index contributed by atoms with van der Waals surface area (Å²) >= 11 is 2.85. The fraction of sp³-hybridized carbons (Fsp3) is 0.409. The Morgan fingerprint density at radius 2 is 1.78 bits per heavy atom. The van der Waals surface area contributed by atoms with E-state index in [0.29, 0.717) is 29.1 Å². The second-order valence-electron chi connectivity index (χ2n) is 6.92. The summed E-state index contributed by atoms with van der Waals surface area (Å²) in [6, 6.07) is 9.68. The first-order chi connectivity index (χ1) is 15.4. The summed E-state index contributed by atoms with van der Waals surface area (Å²) in [5, 5.41) is 9.76. The van der Waals surface area contributed by atoms with Crippen molar-refractivity contribution in [3.8, 4) is 11.4 Å². The van der Waals surface area contributed by atoms with Crippen molar-refractivity contribution >= 4 is 29.5 Å². The number of aryl methyl sites for hydroxylation is 2. The van der Waals surface area contributed by atoms with Crippen molar-refractivity contribution in [2.45, 2.75) is 55.4 Å². The number of rotatable bonds is 10. The van der Waals surface area contributed by atoms with Gasteiger partial charge in [-0.1, -0.05) is 30.4 Å². The summed E-state index contributed by atoms with van der Waals surface area (Å²) in [6.07, 6.45) is 0.619. The lowest BCUT2D eigenvalue weighted by Crippen LogP contribution is -2.18. The molecule has 0 spiro atoms. The Hall–Kier alpha value is -2.59. The van der Waals surface area contributed by atoms with Gasteiger partial charge in [-0.05, 0) is 57.5 Å². The Kier molecular flexibility index (Phi) is 8.52. The second-order valence-corrected chi connectivity index (χ2v) is 9.03. The largest absolute Gasteiger partial charge is 0.494 e. The van der Waals surface area contributed by atoms with Gasteiger partial charge in [0.05, 0.1) is 19.5 Å². The molecule has 0 saturated carbocycles. The molecule has 3 rings (SSSR count). The monoisotopic (exact) mass is 473 g/mol. The van der Waals surface area contributed by atoms with E-state index in [1.807, 2.05) is 62.6 Å². The molecule has 3 aromatic rings. The third kappa shape index (κ3) is 6.01. The zero-order chi connectivity index (χ0) is 23.1. The minimum Gasteiger partial charge on any atom is -0.494 e. The summed E-state index contributed by atoms with van der Waals surface area (Å²) in [7, 11) is 1.40. The van der Waals surface area contributed by atoms with E-state index in [1.54, 1.807) is 0 Å². The molecular weight excluding hydrogens is 446 g/mol. The number of esters is 1. The van der Waals surface area contributed by atoms with Crippen LogP contribution in [0, 0.1) is 13.8 Å². The topological polar surface area (TPSA) is 92.0 Å². The number of hydrogen-bond donors (Lipinski definition) is 0. The van der Waals surface area contributed by atoms with E-state index >= 15 is 0 Å². The highest BCUT2D eigenvalue weighted by Gasteiger charge is 2.24. The maximum Gasteiger partial charge on any atom is 0.319 e. The van der Waals surface area contributed by atoms with Gasteiger partial charge >= 0.3 is 5.97 Å². The maximum absolute atomic E-state index is 12.2. The summed E-state index contributed by atoms with van der Waals surface area (Å²) in [5.41, 5.74) is 2.73. The quantitative estimate of drug-likeness (QED) is 0.241. The van der Waals surface area contributed by atoms with Crippen LogP contribution in [0.4, 0.5) is 0 Å². The zero-order valence-corrected chi connectivity index (χ0v) is 20.5. The highest BCUT2D eigenvalue weighted by molar-refractivity contribution is 8.00. The zero-order valence-electron chi connectivity index (χ0n) is 18.9. The Bertz CT molecular complexity index is 1040. The molecule has 2 heterocycles. The SMILES string of the molecule is CCOc1ccc(-n2c(CSc3nc(C)cc(C)n3)nnc2SC(CC)C(=O)OC)cc1. The molecule has 0 aliphatic heterocycles. The van der Waals surface area contributed by atoms with Crippen LogP contribution in [0.5, 0.6) is 5.75 Å². The lowest BCUT2D eigenvalue weighted by atomic mass is 10.3. The van der Waals surface area contributed by atoms with Gasteiger partial charge in [-0.25, -0.2) is 9.97 Å². The van der Waals surface area contributed by atoms with E-state index in [2.05, 4.69) is 20.2 Å². The molecule has 1 aromatic carbocycles. The van der Waals surface area contributed by atoms with E-state index in [9.17, 15) is 4.79 Å². The van der Waals surface area contributed by atoms with Crippen molar-refractivity contribution in [1.29, 1.82) is 0 Å². The maximum atomic E-state index is 12.2. The number of ether oxygens (including phenoxy) is 2. The fourth-order valence-electron chi connectivity index (χ4n) is 3.03. The molecular formula is C22H27N5O3S2. The van der Waals surface area contributed by atoms with Gasteiger partial charge in [-0.3, -0.25) is 9.36 Å². The lowest BCUT2D eigenvalue weighted by molar-refractivity contribution is -0.140. The van der Waals surface area contributed by atoms with Crippen LogP contribution in [0.15, 0.2) is 40.6 Å². The lowest BCUT2D eigenvalue weighted by Gasteiger charge is -2.14. The number of aromatic nitrogens is 5. The molecule has 0 aliphatic rings. The predicted octanol–water partition coefficient (Wildman–Crippen LogP) is 4.41. The van der Waals surface area contributed by atoms with Crippen molar-refractivity contribution < 1.29 is 14.3 Å². The van der Waals surface area contributed by atoms with Gasteiger partial charge in [-0.15, -0.1) is 10.2 Å². The second kappa shape index (κ2) is 11.3. The van der Waals surface area contributed by atoms with Crippen molar-refractivity contribution in [3.05, 3.63) is 47.5 Å². The summed E-state index contributed by atoms with van der Waals surface area (Å²) in [4.78, 5) is 21.2. The first kappa shape index (κ1) is 24.1. The van der Waals surface area contributed by atoms with Crippen LogP contribution in [-0.4, -0.2) is 49.7 Å². The molecule has 0 fully saturated rings. The average Bonchev–Trinajstić information content (AvgIpc) is 3.18. The Labute approximate surface area is 196 Å². The molecule has 0 bridgehead atoms. The van der Waals surface area contributed by atoms with E-state index in [1.165, 1.54) is 30.6 Å². The van der Waals surface area contributed by atoms with Crippen LogP contribution < -0.4 is 4.74 Å². The van der Waals surface area contributed by atoms with Crippen LogP contribution in [0.25, 0.3) is 5.69 Å². The number of carbonyl (C=O) groups is 1. The van der Waals surface area contributed by atoms with Gasteiger partial charge in [0.1, 0.15) is 16.8 Å². The van der Waals surface area contributed by atoms with Crippen LogP contribution in [0.2, 0.25) is 0 Å². The first-order valence-electron chi connectivity index (χ1n) is 10.3. The molecule has 0 aliphatic carbocycles. The third-order valence-corrected chi connectivity index (χ3v) is 6.61. The van der Waals surface area contributed by atoms with Crippen LogP contribution in [0.1, 0.15) is 37.5 Å². The summed E-state index contributed by atoms with van der Waals surface area (Å²) < 4.78 is 12.5. The molecule has 32 heavy (non-hydrogen) atoms. The molecule has 8 nitrogen and oxygen atoms in total. The third-order valence-electron chi connectivity index (χ3n) is 4.48. The van der Waals surface area contributed by atoms with Gasteiger partial charge in [0.25, 0.3) is 0 Å². The number of thioether (sulfide) groups is 2. The van der Waals surface area contributed by atoms with Crippen LogP contribution >= 0.6 is 23.5 Å². The van der Waals surface area contributed by atoms with Gasteiger partial charge < -0.3 is 9.47 Å².